The molecule has 0 amide bonds. The maximum Gasteiger partial charge on any atom is 0.270 e. The summed E-state index contributed by atoms with van der Waals surface area (Å²) in [6.07, 6.45) is 1.06. The highest BCUT2D eigenvalue weighted by molar-refractivity contribution is 7.97. The van der Waals surface area contributed by atoms with E-state index in [1.165, 1.54) is 48.5 Å². The van der Waals surface area contributed by atoms with Crippen LogP contribution in [0.2, 0.25) is 0 Å². The van der Waals surface area contributed by atoms with Crippen molar-refractivity contribution >= 4 is 48.5 Å². The van der Waals surface area contributed by atoms with Gasteiger partial charge >= 0.3 is 0 Å². The Hall–Kier alpha value is -3.06. The molecule has 0 radical (unpaired) electrons. The van der Waals surface area contributed by atoms with Gasteiger partial charge in [0.25, 0.3) is 10.0 Å². The van der Waals surface area contributed by atoms with E-state index < -0.39 is 36.6 Å². The number of hydrogen-bond donors (Lipinski definition) is 2. The molecule has 0 aliphatic carbocycles. The monoisotopic (exact) mass is 493 g/mol. The number of anilines is 2. The Balaban J connectivity index is 1.70. The predicted molar refractivity (Wildman–Crippen MR) is 120 cm³/mol. The molecule has 2 aromatic carbocycles. The van der Waals surface area contributed by atoms with Gasteiger partial charge < -0.3 is 5.32 Å². The van der Waals surface area contributed by atoms with Crippen LogP contribution in [0.4, 0.5) is 15.8 Å². The summed E-state index contributed by atoms with van der Waals surface area (Å²) in [5.41, 5.74) is 1.01. The average molecular weight is 494 g/mol. The zero-order valence-corrected chi connectivity index (χ0v) is 18.7. The summed E-state index contributed by atoms with van der Waals surface area (Å²) in [7, 11) is -8.13. The third kappa shape index (κ3) is 4.17. The molecule has 0 spiro atoms. The number of rotatable bonds is 5. The lowest BCUT2D eigenvalue weighted by molar-refractivity contribution is 0.104. The van der Waals surface area contributed by atoms with Crippen LogP contribution in [0, 0.1) is 5.82 Å². The highest BCUT2D eigenvalue weighted by Gasteiger charge is 2.41. The van der Waals surface area contributed by atoms with Crippen molar-refractivity contribution in [3.63, 3.8) is 0 Å². The third-order valence-electron chi connectivity index (χ3n) is 4.68. The first kappa shape index (κ1) is 22.1. The van der Waals surface area contributed by atoms with Crippen LogP contribution in [0.15, 0.2) is 76.0 Å². The maximum absolute atomic E-state index is 13.6. The summed E-state index contributed by atoms with van der Waals surface area (Å²) in [6.45, 7) is -0.155. The molecule has 12 heteroatoms. The van der Waals surface area contributed by atoms with Crippen molar-refractivity contribution in [1.29, 1.82) is 0 Å². The number of primary sulfonamides is 1. The van der Waals surface area contributed by atoms with Gasteiger partial charge in [-0.2, -0.15) is 0 Å². The van der Waals surface area contributed by atoms with Gasteiger partial charge in [0, 0.05) is 11.9 Å². The van der Waals surface area contributed by atoms with Crippen LogP contribution in [0.1, 0.15) is 15.2 Å². The second kappa shape index (κ2) is 8.13. The number of carbonyl (C=O) groups excluding carboxylic acids is 1. The number of nitrogens with one attached hydrogen (secondary N) is 1. The number of fused-ring (bicyclic) bond motifs is 1. The molecule has 0 bridgehead atoms. The predicted octanol–water partition coefficient (Wildman–Crippen LogP) is 3.02. The van der Waals surface area contributed by atoms with E-state index in [0.717, 1.165) is 21.8 Å². The normalized spacial score (nSPS) is 16.8. The van der Waals surface area contributed by atoms with Gasteiger partial charge in [-0.1, -0.05) is 12.1 Å². The summed E-state index contributed by atoms with van der Waals surface area (Å²) in [5.74, 6) is -1.17. The highest BCUT2D eigenvalue weighted by atomic mass is 32.2. The Morgan fingerprint density at radius 3 is 2.50 bits per heavy atom. The summed E-state index contributed by atoms with van der Waals surface area (Å²) < 4.78 is 64.0. The quantitative estimate of drug-likeness (QED) is 0.526. The fraction of sp³-hybridized carbons (Fsp3) is 0.0500. The molecule has 32 heavy (non-hydrogen) atoms. The number of halogens is 1. The lowest BCUT2D eigenvalue weighted by Gasteiger charge is -2.29. The van der Waals surface area contributed by atoms with Crippen molar-refractivity contribution in [3.8, 4) is 0 Å². The van der Waals surface area contributed by atoms with Gasteiger partial charge in [0.2, 0.25) is 15.8 Å². The molecule has 0 atom stereocenters. The van der Waals surface area contributed by atoms with Gasteiger partial charge in [-0.25, -0.2) is 26.4 Å². The van der Waals surface area contributed by atoms with Crippen LogP contribution in [0.3, 0.4) is 0 Å². The Kier molecular flexibility index (Phi) is 5.63. The van der Waals surface area contributed by atoms with E-state index in [1.807, 2.05) is 0 Å². The van der Waals surface area contributed by atoms with Gasteiger partial charge in [0.05, 0.1) is 17.1 Å². The zero-order valence-electron chi connectivity index (χ0n) is 16.2. The number of allylic oxidation sites excluding steroid dienone is 1. The van der Waals surface area contributed by atoms with Crippen molar-refractivity contribution in [1.82, 2.24) is 0 Å². The summed E-state index contributed by atoms with van der Waals surface area (Å²) in [4.78, 5) is 12.5. The lowest BCUT2D eigenvalue weighted by Crippen LogP contribution is -2.38. The molecule has 1 aromatic heterocycles. The zero-order chi connectivity index (χ0) is 23.1. The van der Waals surface area contributed by atoms with Gasteiger partial charge in [-0.15, -0.1) is 11.3 Å². The molecule has 0 unspecified atom stereocenters. The molecule has 2 heterocycles. The first-order chi connectivity index (χ1) is 15.1. The first-order valence-electron chi connectivity index (χ1n) is 9.06. The summed E-state index contributed by atoms with van der Waals surface area (Å²) >= 11 is 1.10. The van der Waals surface area contributed by atoms with Crippen LogP contribution in [-0.4, -0.2) is 22.6 Å². The van der Waals surface area contributed by atoms with Gasteiger partial charge in [0.1, 0.15) is 10.7 Å². The number of ketones is 1. The average Bonchev–Trinajstić information content (AvgIpc) is 3.20. The number of sulfonamides is 2. The fourth-order valence-electron chi connectivity index (χ4n) is 3.15. The molecule has 166 valence electrons. The van der Waals surface area contributed by atoms with Crippen LogP contribution in [-0.2, 0) is 26.6 Å². The highest BCUT2D eigenvalue weighted by Crippen LogP contribution is 2.39. The van der Waals surface area contributed by atoms with Crippen molar-refractivity contribution in [2.45, 2.75) is 11.4 Å². The van der Waals surface area contributed by atoms with E-state index >= 15 is 0 Å². The molecule has 0 saturated heterocycles. The molecular formula is C20H16FN3O5S3. The maximum atomic E-state index is 13.6. The third-order valence-corrected chi connectivity index (χ3v) is 8.28. The van der Waals surface area contributed by atoms with Crippen LogP contribution in [0.5, 0.6) is 0 Å². The first-order valence-corrected chi connectivity index (χ1v) is 12.9. The van der Waals surface area contributed by atoms with E-state index in [1.54, 1.807) is 11.4 Å². The number of nitrogens with zero attached hydrogens (tertiary/aromatic N) is 1. The van der Waals surface area contributed by atoms with E-state index in [4.69, 9.17) is 5.14 Å². The Morgan fingerprint density at radius 2 is 1.84 bits per heavy atom. The fourth-order valence-corrected chi connectivity index (χ4v) is 6.15. The standard InChI is InChI=1S/C20H16FN3O5S3/c21-14-3-1-2-13(10-14)12-24-17-8-9-30-20(17)19(25)18(32(24,28)29)11-23-15-4-6-16(7-5-15)31(22,26)27/h1-11,23H,12H2,(H2,22,26,27). The van der Waals surface area contributed by atoms with Crippen molar-refractivity contribution in [2.24, 2.45) is 5.14 Å². The number of benzene rings is 2. The topological polar surface area (TPSA) is 127 Å². The second-order valence-electron chi connectivity index (χ2n) is 6.83. The van der Waals surface area contributed by atoms with E-state index in [0.29, 0.717) is 11.3 Å². The van der Waals surface area contributed by atoms with Crippen molar-refractivity contribution in [3.05, 3.63) is 87.3 Å². The van der Waals surface area contributed by atoms with Gasteiger partial charge in [-0.05, 0) is 53.4 Å². The van der Waals surface area contributed by atoms with Gasteiger partial charge in [0.15, 0.2) is 4.91 Å². The minimum absolute atomic E-state index is 0.110. The lowest BCUT2D eigenvalue weighted by atomic mass is 10.2. The molecule has 4 rings (SSSR count). The molecule has 1 aliphatic rings. The van der Waals surface area contributed by atoms with Gasteiger partial charge in [-0.3, -0.25) is 9.10 Å². The number of nitrogens with two attached hydrogens (primary N) is 1. The second-order valence-corrected chi connectivity index (χ2v) is 11.1. The number of hydrogen-bond acceptors (Lipinski definition) is 7. The molecule has 0 saturated carbocycles. The smallest absolute Gasteiger partial charge is 0.270 e. The van der Waals surface area contributed by atoms with E-state index in [2.05, 4.69) is 5.32 Å². The van der Waals surface area contributed by atoms with Crippen molar-refractivity contribution < 1.29 is 26.0 Å². The molecular weight excluding hydrogens is 477 g/mol. The van der Waals surface area contributed by atoms with Crippen molar-refractivity contribution in [2.75, 3.05) is 9.62 Å². The Morgan fingerprint density at radius 1 is 1.12 bits per heavy atom. The summed E-state index contributed by atoms with van der Waals surface area (Å²) in [5, 5.41) is 9.39. The Labute approximate surface area is 187 Å². The number of thiophene rings is 1. The molecule has 8 nitrogen and oxygen atoms in total. The molecule has 3 N–H and O–H groups in total. The number of Topliss-reactive ketones (excluding diaryl/α,β-unsaturated/α-hetero) is 1. The minimum Gasteiger partial charge on any atom is -0.360 e. The molecule has 3 aromatic rings. The van der Waals surface area contributed by atoms with E-state index in [-0.39, 0.29) is 22.0 Å². The SMILES string of the molecule is NS(=O)(=O)c1ccc(NC=C2C(=O)c3sccc3N(Cc3cccc(F)c3)S2(=O)=O)cc1. The van der Waals surface area contributed by atoms with E-state index in [9.17, 15) is 26.0 Å². The largest absolute Gasteiger partial charge is 0.360 e. The molecule has 1 aliphatic heterocycles. The number of carbonyl (C=O) groups is 1. The Bertz CT molecular complexity index is 1450. The molecule has 0 fully saturated rings. The minimum atomic E-state index is -4.26. The van der Waals surface area contributed by atoms with Crippen LogP contribution < -0.4 is 14.8 Å². The summed E-state index contributed by atoms with van der Waals surface area (Å²) in [6, 6.07) is 12.4. The van der Waals surface area contributed by atoms with Crippen LogP contribution >= 0.6 is 11.3 Å². The van der Waals surface area contributed by atoms with Crippen LogP contribution in [0.25, 0.3) is 0 Å².